The molecule has 1 aliphatic heterocycles. The van der Waals surface area contributed by atoms with Crippen molar-refractivity contribution < 1.29 is 19.5 Å². The molecule has 23 heavy (non-hydrogen) atoms. The smallest absolute Gasteiger partial charge is 0.325 e. The maximum Gasteiger partial charge on any atom is 0.325 e. The van der Waals surface area contributed by atoms with Crippen LogP contribution in [0.1, 0.15) is 17.9 Å². The summed E-state index contributed by atoms with van der Waals surface area (Å²) in [4.78, 5) is 34.8. The minimum absolute atomic E-state index is 0.0542. The van der Waals surface area contributed by atoms with Gasteiger partial charge in [-0.2, -0.15) is 5.10 Å². The van der Waals surface area contributed by atoms with Crippen molar-refractivity contribution in [2.45, 2.75) is 18.9 Å². The molecule has 1 aliphatic rings. The molecule has 0 fully saturated rings. The fourth-order valence-electron chi connectivity index (χ4n) is 2.51. The molecule has 8 nitrogen and oxygen atoms in total. The molecule has 0 spiro atoms. The maximum atomic E-state index is 12.5. The minimum Gasteiger partial charge on any atom is -0.480 e. The van der Waals surface area contributed by atoms with Gasteiger partial charge >= 0.3 is 5.97 Å². The van der Waals surface area contributed by atoms with E-state index in [-0.39, 0.29) is 30.6 Å². The zero-order valence-corrected chi connectivity index (χ0v) is 12.0. The zero-order valence-electron chi connectivity index (χ0n) is 12.0. The number of carbonyl (C=O) groups excluding carboxylic acids is 2. The van der Waals surface area contributed by atoms with Crippen LogP contribution in [-0.2, 0) is 20.9 Å². The average Bonchev–Trinajstić information content (AvgIpc) is 2.92. The number of aromatic nitrogens is 2. The van der Waals surface area contributed by atoms with Gasteiger partial charge in [-0.15, -0.1) is 0 Å². The number of benzene rings is 1. The highest BCUT2D eigenvalue weighted by atomic mass is 16.4. The molecule has 3 rings (SSSR count). The molecular weight excluding hydrogens is 300 g/mol. The molecule has 8 heteroatoms. The Hall–Kier alpha value is -3.16. The molecule has 0 saturated carbocycles. The summed E-state index contributed by atoms with van der Waals surface area (Å²) >= 11 is 0. The molecule has 2 aromatic rings. The summed E-state index contributed by atoms with van der Waals surface area (Å²) in [5.74, 6) is -1.96. The van der Waals surface area contributed by atoms with Crippen LogP contribution < -0.4 is 10.6 Å². The first-order chi connectivity index (χ1) is 11.0. The number of carboxylic acid groups (broad SMARTS) is 1. The number of hydrogen-bond acceptors (Lipinski definition) is 4. The van der Waals surface area contributed by atoms with Crippen molar-refractivity contribution in [1.82, 2.24) is 9.78 Å². The van der Waals surface area contributed by atoms with Gasteiger partial charge in [0.05, 0.1) is 5.92 Å². The van der Waals surface area contributed by atoms with Crippen molar-refractivity contribution in [2.75, 3.05) is 10.6 Å². The lowest BCUT2D eigenvalue weighted by molar-refractivity contribution is -0.137. The molecular formula is C15H14N4O4. The van der Waals surface area contributed by atoms with E-state index in [1.165, 1.54) is 16.9 Å². The molecule has 1 aromatic heterocycles. The summed E-state index contributed by atoms with van der Waals surface area (Å²) in [5, 5.41) is 18.0. The van der Waals surface area contributed by atoms with Gasteiger partial charge in [0.15, 0.2) is 5.82 Å². The van der Waals surface area contributed by atoms with E-state index >= 15 is 0 Å². The Morgan fingerprint density at radius 3 is 2.91 bits per heavy atom. The monoisotopic (exact) mass is 314 g/mol. The Bertz CT molecular complexity index is 783. The van der Waals surface area contributed by atoms with Crippen molar-refractivity contribution in [3.63, 3.8) is 0 Å². The zero-order chi connectivity index (χ0) is 16.4. The first-order valence-corrected chi connectivity index (χ1v) is 6.98. The second kappa shape index (κ2) is 5.91. The largest absolute Gasteiger partial charge is 0.480 e. The summed E-state index contributed by atoms with van der Waals surface area (Å²) in [6, 6.07) is 8.64. The molecule has 2 amide bonds. The molecule has 0 radical (unpaired) electrons. The van der Waals surface area contributed by atoms with E-state index in [2.05, 4.69) is 15.7 Å². The van der Waals surface area contributed by atoms with Crippen molar-refractivity contribution >= 4 is 29.3 Å². The molecule has 0 aliphatic carbocycles. The van der Waals surface area contributed by atoms with Gasteiger partial charge in [0.1, 0.15) is 6.54 Å². The third-order valence-corrected chi connectivity index (χ3v) is 3.51. The van der Waals surface area contributed by atoms with Crippen LogP contribution in [0.2, 0.25) is 0 Å². The summed E-state index contributed by atoms with van der Waals surface area (Å²) in [5.41, 5.74) is 1.37. The molecule has 3 N–H and O–H groups in total. The van der Waals surface area contributed by atoms with E-state index in [0.29, 0.717) is 5.69 Å². The van der Waals surface area contributed by atoms with Gasteiger partial charge in [0.2, 0.25) is 11.8 Å². The second-order valence-electron chi connectivity index (χ2n) is 5.17. The highest BCUT2D eigenvalue weighted by Gasteiger charge is 2.30. The third-order valence-electron chi connectivity index (χ3n) is 3.51. The highest BCUT2D eigenvalue weighted by molar-refractivity contribution is 6.04. The van der Waals surface area contributed by atoms with Crippen LogP contribution in [0.25, 0.3) is 0 Å². The lowest BCUT2D eigenvalue weighted by Crippen LogP contribution is -2.30. The predicted octanol–water partition coefficient (Wildman–Crippen LogP) is 1.03. The third kappa shape index (κ3) is 3.20. The van der Waals surface area contributed by atoms with Crippen molar-refractivity contribution in [3.8, 4) is 0 Å². The number of hydrogen-bond donors (Lipinski definition) is 3. The fraction of sp³-hybridized carbons (Fsp3) is 0.200. The van der Waals surface area contributed by atoms with Crippen molar-refractivity contribution in [3.05, 3.63) is 42.1 Å². The first-order valence-electron chi connectivity index (χ1n) is 6.98. The molecule has 118 valence electrons. The maximum absolute atomic E-state index is 12.5. The number of aliphatic carboxylic acids is 1. The molecule has 1 atom stereocenters. The summed E-state index contributed by atoms with van der Waals surface area (Å²) in [7, 11) is 0. The number of fused-ring (bicyclic) bond motifs is 1. The highest BCUT2D eigenvalue weighted by Crippen LogP contribution is 2.32. The van der Waals surface area contributed by atoms with E-state index in [9.17, 15) is 14.4 Å². The van der Waals surface area contributed by atoms with Crippen LogP contribution in [0.3, 0.4) is 0 Å². The van der Waals surface area contributed by atoms with E-state index in [1.54, 1.807) is 24.3 Å². The Kier molecular flexibility index (Phi) is 3.80. The van der Waals surface area contributed by atoms with Gasteiger partial charge in [-0.25, -0.2) is 0 Å². The minimum atomic E-state index is -1.02. The number of carboxylic acids is 1. The summed E-state index contributed by atoms with van der Waals surface area (Å²) in [6.07, 6.45) is 1.52. The van der Waals surface area contributed by atoms with Crippen molar-refractivity contribution in [2.24, 2.45) is 0 Å². The van der Waals surface area contributed by atoms with E-state index in [1.807, 2.05) is 0 Å². The van der Waals surface area contributed by atoms with Gasteiger partial charge in [-0.05, 0) is 11.6 Å². The summed E-state index contributed by atoms with van der Waals surface area (Å²) in [6.45, 7) is -0.287. The summed E-state index contributed by atoms with van der Waals surface area (Å²) < 4.78 is 1.21. The number of rotatable bonds is 4. The topological polar surface area (TPSA) is 113 Å². The molecule has 0 bridgehead atoms. The normalized spacial score (nSPS) is 16.3. The number of amides is 2. The van der Waals surface area contributed by atoms with Gasteiger partial charge < -0.3 is 15.7 Å². The quantitative estimate of drug-likeness (QED) is 0.780. The van der Waals surface area contributed by atoms with Crippen LogP contribution >= 0.6 is 0 Å². The van der Waals surface area contributed by atoms with E-state index in [4.69, 9.17) is 5.11 Å². The van der Waals surface area contributed by atoms with Crippen LogP contribution in [0.15, 0.2) is 36.5 Å². The van der Waals surface area contributed by atoms with Crippen LogP contribution in [0.5, 0.6) is 0 Å². The molecule has 0 unspecified atom stereocenters. The van der Waals surface area contributed by atoms with Crippen LogP contribution in [-0.4, -0.2) is 32.7 Å². The fourth-order valence-corrected chi connectivity index (χ4v) is 2.51. The SMILES string of the molecule is O=C(O)Cn1ccc(NC(=O)[C@H]2CC(=O)Nc3ccccc32)n1. The Morgan fingerprint density at radius 2 is 2.13 bits per heavy atom. The predicted molar refractivity (Wildman–Crippen MR) is 80.9 cm³/mol. The molecule has 2 heterocycles. The number of nitrogens with one attached hydrogen (secondary N) is 2. The first kappa shape index (κ1) is 14.8. The van der Waals surface area contributed by atoms with Gasteiger partial charge in [0.25, 0.3) is 0 Å². The van der Waals surface area contributed by atoms with Crippen LogP contribution in [0.4, 0.5) is 11.5 Å². The lowest BCUT2D eigenvalue weighted by Gasteiger charge is -2.24. The van der Waals surface area contributed by atoms with E-state index in [0.717, 1.165) is 5.56 Å². The van der Waals surface area contributed by atoms with E-state index < -0.39 is 11.9 Å². The number of nitrogens with zero attached hydrogens (tertiary/aromatic N) is 2. The van der Waals surface area contributed by atoms with Crippen molar-refractivity contribution in [1.29, 1.82) is 0 Å². The standard InChI is InChI=1S/C15H14N4O4/c20-13-7-10(9-3-1-2-4-11(9)16-13)15(23)17-12-5-6-19(18-12)8-14(21)22/h1-6,10H,7-8H2,(H,16,20)(H,21,22)(H,17,18,23)/t10-/m0/s1. The second-order valence-corrected chi connectivity index (χ2v) is 5.17. The molecule has 1 aromatic carbocycles. The number of anilines is 2. The Morgan fingerprint density at radius 1 is 1.35 bits per heavy atom. The average molecular weight is 314 g/mol. The van der Waals surface area contributed by atoms with Gasteiger partial charge in [0, 0.05) is 24.4 Å². The Labute approximate surface area is 131 Å². The molecule has 0 saturated heterocycles. The lowest BCUT2D eigenvalue weighted by atomic mass is 9.90. The number of para-hydroxylation sites is 1. The van der Waals surface area contributed by atoms with Gasteiger partial charge in [-0.1, -0.05) is 18.2 Å². The number of carbonyl (C=O) groups is 3. The Balaban J connectivity index is 1.77. The van der Waals surface area contributed by atoms with Gasteiger partial charge in [-0.3, -0.25) is 19.1 Å². The van der Waals surface area contributed by atoms with Crippen LogP contribution in [0, 0.1) is 0 Å².